The molecular weight excluding hydrogens is 544 g/mol. The number of rotatable bonds is 6. The molecule has 3 aromatic carbocycles. The zero-order chi connectivity index (χ0) is 32.0. The summed E-state index contributed by atoms with van der Waals surface area (Å²) in [5, 5.41) is 13.8. The van der Waals surface area contributed by atoms with Crippen molar-refractivity contribution in [3.8, 4) is 11.5 Å². The highest BCUT2D eigenvalue weighted by molar-refractivity contribution is 5.95. The van der Waals surface area contributed by atoms with Crippen LogP contribution in [0, 0.1) is 24.2 Å². The maximum Gasteiger partial charge on any atom is 0.138 e. The maximum absolute atomic E-state index is 13.7. The van der Waals surface area contributed by atoms with Crippen molar-refractivity contribution in [3.63, 3.8) is 0 Å². The van der Waals surface area contributed by atoms with E-state index in [0.717, 1.165) is 23.3 Å². The average Bonchev–Trinajstić information content (AvgIpc) is 3.33. The smallest absolute Gasteiger partial charge is 0.138 e. The fraction of sp³-hybridized carbons (Fsp3) is 0.550. The molecule has 1 saturated carbocycles. The van der Waals surface area contributed by atoms with Crippen LogP contribution in [0.1, 0.15) is 138 Å². The number of ether oxygens (including phenoxy) is 1. The van der Waals surface area contributed by atoms with Crippen molar-refractivity contribution in [2.24, 2.45) is 17.3 Å². The molecule has 2 aliphatic carbocycles. The van der Waals surface area contributed by atoms with Gasteiger partial charge in [-0.2, -0.15) is 0 Å². The van der Waals surface area contributed by atoms with Gasteiger partial charge in [-0.25, -0.2) is 0 Å². The second-order valence-electron chi connectivity index (χ2n) is 15.7. The lowest BCUT2D eigenvalue weighted by Gasteiger charge is -2.56. The van der Waals surface area contributed by atoms with Gasteiger partial charge in [0.25, 0.3) is 0 Å². The molecule has 1 unspecified atom stereocenters. The summed E-state index contributed by atoms with van der Waals surface area (Å²) < 4.78 is 7.29. The number of phenols is 1. The van der Waals surface area contributed by atoms with E-state index < -0.39 is 5.41 Å². The second kappa shape index (κ2) is 10.5. The lowest BCUT2D eigenvalue weighted by molar-refractivity contribution is -0.142. The molecule has 3 aromatic rings. The molecule has 4 nitrogen and oxygen atoms in total. The van der Waals surface area contributed by atoms with Crippen molar-refractivity contribution in [3.05, 3.63) is 69.3 Å². The predicted molar refractivity (Wildman–Crippen MR) is 178 cm³/mol. The van der Waals surface area contributed by atoms with E-state index in [0.29, 0.717) is 30.8 Å². The minimum Gasteiger partial charge on any atom is -0.508 e. The Morgan fingerprint density at radius 1 is 1.00 bits per heavy atom. The highest BCUT2D eigenvalue weighted by atomic mass is 16.5. The van der Waals surface area contributed by atoms with Gasteiger partial charge in [0.1, 0.15) is 29.2 Å². The molecule has 1 heterocycles. The van der Waals surface area contributed by atoms with Gasteiger partial charge < -0.3 is 9.84 Å². The van der Waals surface area contributed by atoms with E-state index in [1.54, 1.807) is 0 Å². The van der Waals surface area contributed by atoms with Crippen molar-refractivity contribution in [2.75, 3.05) is 0 Å². The van der Waals surface area contributed by atoms with Crippen LogP contribution in [0.5, 0.6) is 11.5 Å². The molecule has 6 rings (SSSR count). The van der Waals surface area contributed by atoms with E-state index in [9.17, 15) is 14.7 Å². The van der Waals surface area contributed by atoms with Crippen molar-refractivity contribution in [2.45, 2.75) is 124 Å². The lowest BCUT2D eigenvalue weighted by Crippen LogP contribution is -2.59. The second-order valence-corrected chi connectivity index (χ2v) is 15.7. The number of ketones is 2. The molecule has 1 N–H and O–H groups in total. The van der Waals surface area contributed by atoms with Crippen LogP contribution in [0.4, 0.5) is 0 Å². The normalized spacial score (nSPS) is 25.2. The highest BCUT2D eigenvalue weighted by Gasteiger charge is 2.63. The molecule has 0 aromatic heterocycles. The van der Waals surface area contributed by atoms with E-state index in [1.165, 1.54) is 38.6 Å². The minimum atomic E-state index is -0.585. The Hall–Kier alpha value is -3.14. The Bertz CT molecular complexity index is 1690. The van der Waals surface area contributed by atoms with Gasteiger partial charge >= 0.3 is 0 Å². The van der Waals surface area contributed by atoms with Crippen molar-refractivity contribution in [1.29, 1.82) is 0 Å². The summed E-state index contributed by atoms with van der Waals surface area (Å²) in [6.45, 7) is 21.4. The Labute approximate surface area is 263 Å². The first-order chi connectivity index (χ1) is 20.6. The number of Topliss-reactive ketones (excluding diaryl/α,β-unsaturated/α-hetero) is 2. The predicted octanol–water partition coefficient (Wildman–Crippen LogP) is 9.43. The molecule has 0 bridgehead atoms. The minimum absolute atomic E-state index is 0.00681. The number of hydrogen-bond donors (Lipinski definition) is 1. The topological polar surface area (TPSA) is 63.6 Å². The molecule has 4 heteroatoms. The summed E-state index contributed by atoms with van der Waals surface area (Å²) in [7, 11) is 0. The largest absolute Gasteiger partial charge is 0.508 e. The standard InChI is InChI=1S/C40H50O4/c1-20(2)26-18-28-29(19-31(26)42)40(10)16-15-32(43)39(8,9)38(40)37-34(28)35-33-24(17-27(21(3)4)36(35)44-37)12-11-23(7)25(33)13-14-30(41)22(5)6/h11-12,17-22,34,37-38,42H,13-16H2,1-10H3/t34-,37+,38?,40-/m1/s1. The molecule has 0 radical (unpaired) electrons. The first-order valence-electron chi connectivity index (χ1n) is 16.8. The van der Waals surface area contributed by atoms with Crippen molar-refractivity contribution < 1.29 is 19.4 Å². The van der Waals surface area contributed by atoms with Gasteiger partial charge in [0.15, 0.2) is 0 Å². The number of fused-ring (bicyclic) bond motifs is 10. The van der Waals surface area contributed by atoms with Gasteiger partial charge in [0, 0.05) is 41.1 Å². The van der Waals surface area contributed by atoms with Gasteiger partial charge in [-0.05, 0) is 87.9 Å². The molecule has 4 atom stereocenters. The molecule has 3 aliphatic rings. The molecule has 0 spiro atoms. The fourth-order valence-electron chi connectivity index (χ4n) is 9.12. The SMILES string of the molecule is Cc1ccc2cc(C(C)C)c3c(c2c1CCC(=O)C(C)C)[C@H]1c2cc(C(C)C)c(O)cc2[C@@]2(C)CCC(=O)C(C)(C)C2[C@H]1O3. The number of hydrogen-bond acceptors (Lipinski definition) is 4. The van der Waals surface area contributed by atoms with Crippen LogP contribution >= 0.6 is 0 Å². The molecule has 1 aliphatic heterocycles. The fourth-order valence-corrected chi connectivity index (χ4v) is 9.12. The van der Waals surface area contributed by atoms with Crippen molar-refractivity contribution >= 4 is 22.3 Å². The molecule has 0 saturated heterocycles. The van der Waals surface area contributed by atoms with Gasteiger partial charge in [-0.3, -0.25) is 9.59 Å². The molecule has 234 valence electrons. The summed E-state index contributed by atoms with van der Waals surface area (Å²) in [5.74, 6) is 2.16. The van der Waals surface area contributed by atoms with Crippen LogP contribution in [0.15, 0.2) is 30.3 Å². The summed E-state index contributed by atoms with van der Waals surface area (Å²) in [6, 6.07) is 11.0. The Balaban J connectivity index is 1.71. The Kier molecular flexibility index (Phi) is 7.34. The van der Waals surface area contributed by atoms with E-state index in [-0.39, 0.29) is 46.9 Å². The van der Waals surface area contributed by atoms with E-state index in [4.69, 9.17) is 4.74 Å². The summed E-state index contributed by atoms with van der Waals surface area (Å²) in [4.78, 5) is 26.5. The number of aryl methyl sites for hydroxylation is 2. The number of carbonyl (C=O) groups excluding carboxylic acids is 2. The van der Waals surface area contributed by atoms with Gasteiger partial charge in [0.05, 0.1) is 5.92 Å². The highest BCUT2D eigenvalue weighted by Crippen LogP contribution is 2.65. The van der Waals surface area contributed by atoms with Crippen LogP contribution in [0.25, 0.3) is 10.8 Å². The number of benzene rings is 3. The average molecular weight is 595 g/mol. The quantitative estimate of drug-likeness (QED) is 0.309. The van der Waals surface area contributed by atoms with Crippen LogP contribution in [0.2, 0.25) is 0 Å². The van der Waals surface area contributed by atoms with E-state index in [2.05, 4.69) is 79.7 Å². The third-order valence-corrected chi connectivity index (χ3v) is 11.6. The number of carbonyl (C=O) groups is 2. The summed E-state index contributed by atoms with van der Waals surface area (Å²) in [5.41, 5.74) is 7.26. The number of phenolic OH excluding ortho intramolecular Hbond substituents is 1. The Morgan fingerprint density at radius 2 is 1.68 bits per heavy atom. The zero-order valence-corrected chi connectivity index (χ0v) is 28.4. The third-order valence-electron chi connectivity index (χ3n) is 11.6. The van der Waals surface area contributed by atoms with Crippen LogP contribution in [-0.4, -0.2) is 22.8 Å². The molecule has 0 amide bonds. The van der Waals surface area contributed by atoms with Crippen LogP contribution in [0.3, 0.4) is 0 Å². The monoisotopic (exact) mass is 594 g/mol. The summed E-state index contributed by atoms with van der Waals surface area (Å²) in [6.07, 6.45) is 2.27. The molecular formula is C40H50O4. The van der Waals surface area contributed by atoms with E-state index >= 15 is 0 Å². The Morgan fingerprint density at radius 3 is 2.32 bits per heavy atom. The van der Waals surface area contributed by atoms with E-state index in [1.807, 2.05) is 19.9 Å². The lowest BCUT2D eigenvalue weighted by atomic mass is 9.47. The van der Waals surface area contributed by atoms with Gasteiger partial charge in [0.2, 0.25) is 0 Å². The first-order valence-corrected chi connectivity index (χ1v) is 16.8. The number of aromatic hydroxyl groups is 1. The first kappa shape index (κ1) is 30.9. The molecule has 44 heavy (non-hydrogen) atoms. The van der Waals surface area contributed by atoms with Crippen molar-refractivity contribution in [1.82, 2.24) is 0 Å². The van der Waals surface area contributed by atoms with Crippen LogP contribution in [-0.2, 0) is 21.4 Å². The zero-order valence-electron chi connectivity index (χ0n) is 28.4. The maximum atomic E-state index is 13.7. The third kappa shape index (κ3) is 4.37. The van der Waals surface area contributed by atoms with Crippen LogP contribution < -0.4 is 4.74 Å². The van der Waals surface area contributed by atoms with Gasteiger partial charge in [-0.1, -0.05) is 80.5 Å². The van der Waals surface area contributed by atoms with Gasteiger partial charge in [-0.15, -0.1) is 0 Å². The molecule has 1 fully saturated rings. The summed E-state index contributed by atoms with van der Waals surface area (Å²) >= 11 is 0.